The SMILES string of the molecule is C=C(C)CC(S)C(=O)[O-].[CH3][Sn+]([CH3])[CH3]. The van der Waals surface area contributed by atoms with E-state index in [2.05, 4.69) is 34.0 Å². The Morgan fingerprint density at radius 2 is 1.85 bits per heavy atom. The number of hydrogen-bond acceptors (Lipinski definition) is 3. The first-order valence-corrected chi connectivity index (χ1v) is 13.1. The van der Waals surface area contributed by atoms with Crippen molar-refractivity contribution in [2.75, 3.05) is 0 Å². The van der Waals surface area contributed by atoms with Crippen LogP contribution in [-0.4, -0.2) is 31.0 Å². The van der Waals surface area contributed by atoms with Gasteiger partial charge in [0.15, 0.2) is 0 Å². The van der Waals surface area contributed by atoms with Crippen LogP contribution in [0, 0.1) is 0 Å². The Morgan fingerprint density at radius 3 is 1.92 bits per heavy atom. The summed E-state index contributed by atoms with van der Waals surface area (Å²) in [5.74, 6) is -1.14. The van der Waals surface area contributed by atoms with Gasteiger partial charge in [-0.05, 0) is 13.3 Å². The van der Waals surface area contributed by atoms with Crippen LogP contribution in [0.15, 0.2) is 12.2 Å². The summed E-state index contributed by atoms with van der Waals surface area (Å²) in [4.78, 5) is 17.1. The van der Waals surface area contributed by atoms with E-state index in [0.29, 0.717) is 6.42 Å². The Hall–Kier alpha value is 0.359. The van der Waals surface area contributed by atoms with Gasteiger partial charge in [-0.15, -0.1) is 6.58 Å². The second kappa shape index (κ2) is 8.94. The van der Waals surface area contributed by atoms with E-state index in [1.54, 1.807) is 6.92 Å². The van der Waals surface area contributed by atoms with Crippen molar-refractivity contribution in [3.05, 3.63) is 12.2 Å². The number of carbonyl (C=O) groups is 1. The van der Waals surface area contributed by atoms with Crippen LogP contribution in [0.25, 0.3) is 0 Å². The molecule has 0 aromatic rings. The third-order valence-corrected chi connectivity index (χ3v) is 1.21. The molecule has 13 heavy (non-hydrogen) atoms. The standard InChI is InChI=1S/C6H10O2S.3CH3.Sn/c1-4(2)3-5(9)6(7)8;;;;/h5,9H,1,3H2,2H3,(H,7,8);3*1H3;/q;;;;+1/p-1. The third kappa shape index (κ3) is 19.0. The molecule has 0 bridgehead atoms. The van der Waals surface area contributed by atoms with Crippen molar-refractivity contribution in [3.63, 3.8) is 0 Å². The molecule has 0 rings (SSSR count). The van der Waals surface area contributed by atoms with Gasteiger partial charge in [0.05, 0.1) is 5.97 Å². The van der Waals surface area contributed by atoms with Crippen molar-refractivity contribution in [1.29, 1.82) is 0 Å². The van der Waals surface area contributed by atoms with E-state index in [9.17, 15) is 9.90 Å². The number of thiol groups is 1. The molecule has 2 nitrogen and oxygen atoms in total. The van der Waals surface area contributed by atoms with Gasteiger partial charge in [0.25, 0.3) is 0 Å². The Kier molecular flexibility index (Phi) is 10.9. The molecular formula is C9H18O2SSn. The fraction of sp³-hybridized carbons (Fsp3) is 0.667. The normalized spacial score (nSPS) is 10.8. The fourth-order valence-corrected chi connectivity index (χ4v) is 0.725. The van der Waals surface area contributed by atoms with Crippen LogP contribution in [0.3, 0.4) is 0 Å². The van der Waals surface area contributed by atoms with Crippen LogP contribution in [0.5, 0.6) is 0 Å². The van der Waals surface area contributed by atoms with Crippen LogP contribution >= 0.6 is 12.6 Å². The van der Waals surface area contributed by atoms with Crippen molar-refractivity contribution in [2.24, 2.45) is 0 Å². The minimum absolute atomic E-state index is 0.380. The molecule has 1 atom stereocenters. The van der Waals surface area contributed by atoms with Gasteiger partial charge in [-0.1, -0.05) is 5.57 Å². The summed E-state index contributed by atoms with van der Waals surface area (Å²) in [6, 6.07) is 0. The van der Waals surface area contributed by atoms with Crippen LogP contribution in [0.2, 0.25) is 14.8 Å². The maximum atomic E-state index is 10.0. The van der Waals surface area contributed by atoms with Gasteiger partial charge in [-0.25, -0.2) is 0 Å². The molecule has 0 aromatic carbocycles. The predicted molar refractivity (Wildman–Crippen MR) is 60.6 cm³/mol. The molecule has 0 saturated heterocycles. The number of carbonyl (C=O) groups excluding carboxylic acids is 1. The van der Waals surface area contributed by atoms with E-state index in [1.807, 2.05) is 0 Å². The summed E-state index contributed by atoms with van der Waals surface area (Å²) in [6.07, 6.45) is 0.380. The van der Waals surface area contributed by atoms with Crippen LogP contribution in [-0.2, 0) is 4.79 Å². The van der Waals surface area contributed by atoms with Crippen molar-refractivity contribution in [3.8, 4) is 0 Å². The van der Waals surface area contributed by atoms with Crippen molar-refractivity contribution in [1.82, 2.24) is 0 Å². The number of hydrogen-bond donors (Lipinski definition) is 1. The van der Waals surface area contributed by atoms with Crippen LogP contribution < -0.4 is 5.11 Å². The topological polar surface area (TPSA) is 40.1 Å². The van der Waals surface area contributed by atoms with Gasteiger partial charge in [0.2, 0.25) is 0 Å². The average Bonchev–Trinajstić information content (AvgIpc) is 1.83. The molecular weight excluding hydrogens is 291 g/mol. The first-order chi connectivity index (χ1) is 5.77. The third-order valence-electron chi connectivity index (χ3n) is 0.814. The van der Waals surface area contributed by atoms with E-state index in [0.717, 1.165) is 5.57 Å². The Morgan fingerprint density at radius 1 is 1.54 bits per heavy atom. The molecule has 0 aliphatic heterocycles. The zero-order valence-corrected chi connectivity index (χ0v) is 12.5. The molecule has 1 unspecified atom stereocenters. The second-order valence-corrected chi connectivity index (χ2v) is 12.7. The fourth-order valence-electron chi connectivity index (χ4n) is 0.413. The van der Waals surface area contributed by atoms with Crippen molar-refractivity contribution < 1.29 is 9.90 Å². The van der Waals surface area contributed by atoms with Gasteiger partial charge in [-0.3, -0.25) is 0 Å². The Labute approximate surface area is 93.6 Å². The molecule has 0 aromatic heterocycles. The number of rotatable bonds is 3. The molecule has 4 heteroatoms. The van der Waals surface area contributed by atoms with E-state index >= 15 is 0 Å². The predicted octanol–water partition coefficient (Wildman–Crippen LogP) is 1.37. The number of allylic oxidation sites excluding steroid dienone is 1. The van der Waals surface area contributed by atoms with Crippen molar-refractivity contribution in [2.45, 2.75) is 33.4 Å². The Bertz CT molecular complexity index is 166. The summed E-state index contributed by atoms with van der Waals surface area (Å²) in [5.41, 5.74) is 0.805. The van der Waals surface area contributed by atoms with Crippen molar-refractivity contribution >= 4 is 38.4 Å². The summed E-state index contributed by atoms with van der Waals surface area (Å²) in [7, 11) is 0. The molecule has 0 heterocycles. The molecule has 0 spiro atoms. The van der Waals surface area contributed by atoms with Gasteiger partial charge in [0.1, 0.15) is 0 Å². The summed E-state index contributed by atoms with van der Waals surface area (Å²) in [5, 5.41) is 9.30. The zero-order valence-electron chi connectivity index (χ0n) is 8.76. The zero-order chi connectivity index (χ0) is 11.0. The molecule has 0 aliphatic carbocycles. The monoisotopic (exact) mass is 310 g/mol. The number of aliphatic carboxylic acids is 1. The molecule has 0 aliphatic rings. The number of carboxylic acid groups (broad SMARTS) is 1. The molecule has 0 saturated carbocycles. The molecule has 0 fully saturated rings. The first kappa shape index (κ1) is 15.8. The minimum atomic E-state index is -1.14. The first-order valence-electron chi connectivity index (χ1n) is 4.07. The summed E-state index contributed by atoms with van der Waals surface area (Å²) >= 11 is 3.20. The maximum absolute atomic E-state index is 10.0. The van der Waals surface area contributed by atoms with E-state index in [1.165, 1.54) is 0 Å². The molecule has 0 radical (unpaired) electrons. The molecule has 76 valence electrons. The average molecular weight is 309 g/mol. The van der Waals surface area contributed by atoms with E-state index < -0.39 is 31.0 Å². The second-order valence-electron chi connectivity index (χ2n) is 3.50. The van der Waals surface area contributed by atoms with Gasteiger partial charge in [0, 0.05) is 5.25 Å². The summed E-state index contributed by atoms with van der Waals surface area (Å²) in [6.45, 7) is 5.29. The van der Waals surface area contributed by atoms with Crippen LogP contribution in [0.4, 0.5) is 0 Å². The van der Waals surface area contributed by atoms with Gasteiger partial charge < -0.3 is 9.90 Å². The number of carboxylic acids is 1. The van der Waals surface area contributed by atoms with Gasteiger partial charge in [-0.2, -0.15) is 12.6 Å². The summed E-state index contributed by atoms with van der Waals surface area (Å²) < 4.78 is 0. The quantitative estimate of drug-likeness (QED) is 0.486. The molecule has 0 amide bonds. The van der Waals surface area contributed by atoms with Crippen LogP contribution in [0.1, 0.15) is 13.3 Å². The Balaban J connectivity index is 0. The molecule has 0 N–H and O–H groups in total. The van der Waals surface area contributed by atoms with E-state index in [4.69, 9.17) is 0 Å². The van der Waals surface area contributed by atoms with E-state index in [-0.39, 0.29) is 0 Å². The van der Waals surface area contributed by atoms with Gasteiger partial charge >= 0.3 is 34.6 Å².